The predicted octanol–water partition coefficient (Wildman–Crippen LogP) is 5.19. The largest absolute Gasteiger partial charge is 0.416 e. The maximum Gasteiger partial charge on any atom is 0.416 e. The Labute approximate surface area is 215 Å². The lowest BCUT2D eigenvalue weighted by atomic mass is 9.88. The van der Waals surface area contributed by atoms with Crippen molar-refractivity contribution in [1.82, 2.24) is 25.5 Å². The van der Waals surface area contributed by atoms with Crippen LogP contribution in [0.4, 0.5) is 23.7 Å². The fraction of sp³-hybridized carbons (Fsp3) is 0.192. The lowest BCUT2D eigenvalue weighted by Crippen LogP contribution is -2.30. The van der Waals surface area contributed by atoms with Crippen molar-refractivity contribution >= 4 is 17.6 Å². The highest BCUT2D eigenvalue weighted by Crippen LogP contribution is 2.44. The Kier molecular flexibility index (Phi) is 7.42. The van der Waals surface area contributed by atoms with Crippen LogP contribution in [0.25, 0.3) is 33.6 Å². The number of rotatable bonds is 7. The van der Waals surface area contributed by atoms with Gasteiger partial charge in [-0.2, -0.15) is 18.4 Å². The van der Waals surface area contributed by atoms with Crippen molar-refractivity contribution in [2.24, 2.45) is 5.73 Å². The standard InChI is InChI=1S/C26H24F3N7O2/c1-3-36(4-2)24(37)16-10-8-15(9-11-16)19-12-13-20(31-25(30)38)22(23-32-34-35-33-23)21(19)17-6-5-7-18(14-17)26(27,28)29/h5-14H,3-4H2,1-2H3,(H3,30,31,38)(H,32,33,34,35). The molecule has 0 radical (unpaired) electrons. The van der Waals surface area contributed by atoms with Crippen LogP contribution in [0.2, 0.25) is 0 Å². The molecule has 0 spiro atoms. The number of primary amides is 1. The first kappa shape index (κ1) is 26.3. The summed E-state index contributed by atoms with van der Waals surface area (Å²) < 4.78 is 40.9. The van der Waals surface area contributed by atoms with Crippen molar-refractivity contribution in [3.05, 3.63) is 71.8 Å². The molecule has 0 aliphatic heterocycles. The van der Waals surface area contributed by atoms with Crippen LogP contribution >= 0.6 is 0 Å². The zero-order valence-electron chi connectivity index (χ0n) is 20.5. The molecular weight excluding hydrogens is 499 g/mol. The van der Waals surface area contributed by atoms with E-state index in [4.69, 9.17) is 5.73 Å². The minimum Gasteiger partial charge on any atom is -0.351 e. The van der Waals surface area contributed by atoms with Crippen molar-refractivity contribution in [2.45, 2.75) is 20.0 Å². The summed E-state index contributed by atoms with van der Waals surface area (Å²) in [5, 5.41) is 16.4. The molecule has 3 aromatic carbocycles. The van der Waals surface area contributed by atoms with Crippen LogP contribution in [0, 0.1) is 0 Å². The summed E-state index contributed by atoms with van der Waals surface area (Å²) in [7, 11) is 0. The molecule has 0 atom stereocenters. The summed E-state index contributed by atoms with van der Waals surface area (Å²) in [5.74, 6) is -0.0931. The van der Waals surface area contributed by atoms with Crippen molar-refractivity contribution < 1.29 is 22.8 Å². The lowest BCUT2D eigenvalue weighted by Gasteiger charge is -2.20. The van der Waals surface area contributed by atoms with Gasteiger partial charge in [-0.1, -0.05) is 30.3 Å². The SMILES string of the molecule is CCN(CC)C(=O)c1ccc(-c2ccc(NC(N)=O)c(-c3nn[nH]n3)c2-c2cccc(C(F)(F)F)c2)cc1. The molecule has 3 amide bonds. The first-order valence-corrected chi connectivity index (χ1v) is 11.7. The van der Waals surface area contributed by atoms with E-state index in [1.807, 2.05) is 13.8 Å². The summed E-state index contributed by atoms with van der Waals surface area (Å²) in [4.78, 5) is 26.2. The number of nitrogens with one attached hydrogen (secondary N) is 2. The average molecular weight is 524 g/mol. The van der Waals surface area contributed by atoms with Gasteiger partial charge < -0.3 is 16.0 Å². The highest BCUT2D eigenvalue weighted by molar-refractivity contribution is 6.03. The zero-order chi connectivity index (χ0) is 27.4. The fourth-order valence-electron chi connectivity index (χ4n) is 4.22. The topological polar surface area (TPSA) is 130 Å². The predicted molar refractivity (Wildman–Crippen MR) is 136 cm³/mol. The minimum atomic E-state index is -4.59. The van der Waals surface area contributed by atoms with Crippen LogP contribution < -0.4 is 11.1 Å². The number of carbonyl (C=O) groups is 2. The number of alkyl halides is 3. The lowest BCUT2D eigenvalue weighted by molar-refractivity contribution is -0.137. The average Bonchev–Trinajstić information content (AvgIpc) is 3.43. The van der Waals surface area contributed by atoms with E-state index in [2.05, 4.69) is 25.9 Å². The summed E-state index contributed by atoms with van der Waals surface area (Å²) in [6.45, 7) is 4.88. The number of carbonyl (C=O) groups excluding carboxylic acids is 2. The van der Waals surface area contributed by atoms with Crippen LogP contribution in [-0.4, -0.2) is 50.6 Å². The Morgan fingerprint density at radius 3 is 2.26 bits per heavy atom. The third-order valence-corrected chi connectivity index (χ3v) is 6.00. The Morgan fingerprint density at radius 2 is 1.68 bits per heavy atom. The van der Waals surface area contributed by atoms with Gasteiger partial charge in [-0.25, -0.2) is 4.79 Å². The number of benzene rings is 3. The molecule has 4 aromatic rings. The summed E-state index contributed by atoms with van der Waals surface area (Å²) in [6.07, 6.45) is -4.59. The molecule has 0 aliphatic rings. The molecule has 1 heterocycles. The number of anilines is 1. The van der Waals surface area contributed by atoms with Gasteiger partial charge in [0.2, 0.25) is 5.82 Å². The highest BCUT2D eigenvalue weighted by atomic mass is 19.4. The van der Waals surface area contributed by atoms with Gasteiger partial charge in [0.25, 0.3) is 5.91 Å². The van der Waals surface area contributed by atoms with Gasteiger partial charge in [0.15, 0.2) is 0 Å². The Hall–Kier alpha value is -4.74. The monoisotopic (exact) mass is 523 g/mol. The van der Waals surface area contributed by atoms with Gasteiger partial charge in [0.05, 0.1) is 16.8 Å². The molecule has 196 valence electrons. The van der Waals surface area contributed by atoms with Crippen molar-refractivity contribution in [2.75, 3.05) is 18.4 Å². The minimum absolute atomic E-state index is 0.0383. The second kappa shape index (κ2) is 10.7. The fourth-order valence-corrected chi connectivity index (χ4v) is 4.22. The maximum absolute atomic E-state index is 13.6. The van der Waals surface area contributed by atoms with E-state index in [-0.39, 0.29) is 28.5 Å². The van der Waals surface area contributed by atoms with E-state index in [1.54, 1.807) is 41.3 Å². The van der Waals surface area contributed by atoms with Gasteiger partial charge >= 0.3 is 12.2 Å². The Balaban J connectivity index is 1.97. The number of aromatic nitrogens is 4. The van der Waals surface area contributed by atoms with E-state index in [1.165, 1.54) is 12.1 Å². The zero-order valence-corrected chi connectivity index (χ0v) is 20.5. The number of tetrazole rings is 1. The van der Waals surface area contributed by atoms with Crippen LogP contribution in [0.3, 0.4) is 0 Å². The summed E-state index contributed by atoms with van der Waals surface area (Å²) >= 11 is 0. The number of H-pyrrole nitrogens is 1. The van der Waals surface area contributed by atoms with Crippen LogP contribution in [0.1, 0.15) is 29.8 Å². The Morgan fingerprint density at radius 1 is 0.974 bits per heavy atom. The second-order valence-corrected chi connectivity index (χ2v) is 8.27. The first-order valence-electron chi connectivity index (χ1n) is 11.7. The number of aromatic amines is 1. The van der Waals surface area contributed by atoms with Gasteiger partial charge in [-0.15, -0.1) is 10.2 Å². The van der Waals surface area contributed by atoms with E-state index >= 15 is 0 Å². The smallest absolute Gasteiger partial charge is 0.351 e. The molecule has 4 N–H and O–H groups in total. The number of nitrogens with two attached hydrogens (primary N) is 1. The molecule has 0 unspecified atom stereocenters. The molecule has 0 bridgehead atoms. The van der Waals surface area contributed by atoms with Gasteiger partial charge in [0.1, 0.15) is 0 Å². The van der Waals surface area contributed by atoms with E-state index in [0.717, 1.165) is 12.1 Å². The van der Waals surface area contributed by atoms with Gasteiger partial charge in [-0.3, -0.25) is 4.79 Å². The van der Waals surface area contributed by atoms with E-state index in [0.29, 0.717) is 35.3 Å². The molecule has 0 saturated carbocycles. The van der Waals surface area contributed by atoms with Crippen molar-refractivity contribution in [3.63, 3.8) is 0 Å². The number of nitrogens with zero attached hydrogens (tertiary/aromatic N) is 4. The molecule has 0 fully saturated rings. The van der Waals surface area contributed by atoms with Crippen LogP contribution in [0.5, 0.6) is 0 Å². The number of hydrogen-bond acceptors (Lipinski definition) is 5. The molecule has 12 heteroatoms. The van der Waals surface area contributed by atoms with Gasteiger partial charge in [0, 0.05) is 24.2 Å². The number of halogens is 3. The second-order valence-electron chi connectivity index (χ2n) is 8.27. The van der Waals surface area contributed by atoms with E-state index in [9.17, 15) is 22.8 Å². The molecule has 1 aromatic heterocycles. The normalized spacial score (nSPS) is 11.3. The molecule has 9 nitrogen and oxygen atoms in total. The summed E-state index contributed by atoms with van der Waals surface area (Å²) in [6, 6.07) is 13.9. The maximum atomic E-state index is 13.6. The van der Waals surface area contributed by atoms with E-state index < -0.39 is 17.8 Å². The quantitative estimate of drug-likeness (QED) is 0.307. The third-order valence-electron chi connectivity index (χ3n) is 6.00. The van der Waals surface area contributed by atoms with Crippen molar-refractivity contribution in [3.8, 4) is 33.6 Å². The molecular formula is C26H24F3N7O2. The van der Waals surface area contributed by atoms with Crippen LogP contribution in [-0.2, 0) is 6.18 Å². The summed E-state index contributed by atoms with van der Waals surface area (Å²) in [5.41, 5.74) is 7.03. The third kappa shape index (κ3) is 5.33. The molecule has 0 saturated heterocycles. The highest BCUT2D eigenvalue weighted by Gasteiger charge is 2.31. The van der Waals surface area contributed by atoms with Crippen molar-refractivity contribution in [1.29, 1.82) is 0 Å². The molecule has 38 heavy (non-hydrogen) atoms. The van der Waals surface area contributed by atoms with Crippen LogP contribution in [0.15, 0.2) is 60.7 Å². The Bertz CT molecular complexity index is 1450. The first-order chi connectivity index (χ1) is 18.1. The molecule has 0 aliphatic carbocycles. The molecule has 4 rings (SSSR count). The number of amides is 3. The number of hydrogen-bond donors (Lipinski definition) is 3. The van der Waals surface area contributed by atoms with Gasteiger partial charge in [-0.05, 0) is 66.1 Å². The number of urea groups is 1.